The molecule has 120 valence electrons. The van der Waals surface area contributed by atoms with Gasteiger partial charge in [-0.05, 0) is 38.0 Å². The second-order valence-corrected chi connectivity index (χ2v) is 6.83. The minimum atomic E-state index is -0.394. The molecule has 1 fully saturated rings. The molecule has 4 rings (SSSR count). The summed E-state index contributed by atoms with van der Waals surface area (Å²) >= 11 is 0. The van der Waals surface area contributed by atoms with E-state index >= 15 is 0 Å². The molecule has 1 aromatic carbocycles. The predicted octanol–water partition coefficient (Wildman–Crippen LogP) is 2.15. The number of rotatable bonds is 0. The highest BCUT2D eigenvalue weighted by atomic mass is 16.2. The quantitative estimate of drug-likeness (QED) is 0.810. The van der Waals surface area contributed by atoms with Crippen LogP contribution >= 0.6 is 0 Å². The Hall–Kier alpha value is -2.30. The smallest absolute Gasteiger partial charge is 0.246 e. The Balaban J connectivity index is 1.89. The van der Waals surface area contributed by atoms with Crippen molar-refractivity contribution >= 4 is 22.7 Å². The summed E-state index contributed by atoms with van der Waals surface area (Å²) in [7, 11) is 1.72. The van der Waals surface area contributed by atoms with Crippen LogP contribution in [0.15, 0.2) is 18.2 Å². The van der Waals surface area contributed by atoms with Gasteiger partial charge < -0.3 is 14.8 Å². The van der Waals surface area contributed by atoms with Gasteiger partial charge in [-0.25, -0.2) is 0 Å². The van der Waals surface area contributed by atoms with Crippen LogP contribution in [0, 0.1) is 6.92 Å². The number of carbonyl (C=O) groups is 2. The molecule has 2 aliphatic rings. The average Bonchev–Trinajstić information content (AvgIpc) is 2.88. The van der Waals surface area contributed by atoms with Gasteiger partial charge in [0, 0.05) is 30.1 Å². The molecule has 2 aliphatic heterocycles. The van der Waals surface area contributed by atoms with Gasteiger partial charge in [0.05, 0.1) is 6.04 Å². The third-order valence-electron chi connectivity index (χ3n) is 5.49. The van der Waals surface area contributed by atoms with E-state index in [0.29, 0.717) is 6.42 Å². The normalized spacial score (nSPS) is 27.4. The summed E-state index contributed by atoms with van der Waals surface area (Å²) < 4.78 is 0. The number of likely N-dealkylation sites (N-methyl/N-ethyl adjacent to an activating group) is 1. The third kappa shape index (κ3) is 1.79. The lowest BCUT2D eigenvalue weighted by molar-refractivity contribution is -0.162. The van der Waals surface area contributed by atoms with Gasteiger partial charge in [0.2, 0.25) is 11.8 Å². The summed E-state index contributed by atoms with van der Waals surface area (Å²) in [6.07, 6.45) is 0.588. The van der Waals surface area contributed by atoms with Crippen LogP contribution < -0.4 is 0 Å². The molecule has 3 atom stereocenters. The average molecular weight is 311 g/mol. The fourth-order valence-corrected chi connectivity index (χ4v) is 4.03. The van der Waals surface area contributed by atoms with Gasteiger partial charge >= 0.3 is 0 Å². The Morgan fingerprint density at radius 3 is 2.61 bits per heavy atom. The van der Waals surface area contributed by atoms with Crippen molar-refractivity contribution in [1.82, 2.24) is 14.8 Å². The highest BCUT2D eigenvalue weighted by Gasteiger charge is 2.48. The van der Waals surface area contributed by atoms with Crippen LogP contribution in [0.3, 0.4) is 0 Å². The maximum absolute atomic E-state index is 12.7. The lowest BCUT2D eigenvalue weighted by Gasteiger charge is -2.47. The number of aromatic nitrogens is 1. The zero-order valence-electron chi connectivity index (χ0n) is 13.9. The Bertz CT molecular complexity index is 838. The van der Waals surface area contributed by atoms with Gasteiger partial charge in [-0.3, -0.25) is 9.59 Å². The number of H-pyrrole nitrogens is 1. The van der Waals surface area contributed by atoms with Crippen molar-refractivity contribution in [3.05, 3.63) is 35.0 Å². The minimum Gasteiger partial charge on any atom is -0.356 e. The van der Waals surface area contributed by atoms with E-state index < -0.39 is 6.04 Å². The van der Waals surface area contributed by atoms with Crippen LogP contribution in [-0.2, 0) is 16.0 Å². The Morgan fingerprint density at radius 1 is 1.13 bits per heavy atom. The Labute approximate surface area is 135 Å². The first kappa shape index (κ1) is 14.3. The van der Waals surface area contributed by atoms with Gasteiger partial charge in [-0.2, -0.15) is 0 Å². The number of benzene rings is 1. The predicted molar refractivity (Wildman–Crippen MR) is 88.0 cm³/mol. The first-order valence-electron chi connectivity index (χ1n) is 8.10. The number of nitrogens with one attached hydrogen (secondary N) is 1. The van der Waals surface area contributed by atoms with Crippen LogP contribution in [0.25, 0.3) is 10.9 Å². The van der Waals surface area contributed by atoms with Gasteiger partial charge in [0.25, 0.3) is 0 Å². The number of amides is 2. The fraction of sp³-hybridized carbons (Fsp3) is 0.444. The van der Waals surface area contributed by atoms with E-state index in [2.05, 4.69) is 30.1 Å². The van der Waals surface area contributed by atoms with Crippen molar-refractivity contribution in [1.29, 1.82) is 0 Å². The van der Waals surface area contributed by atoms with Crippen molar-refractivity contribution in [2.45, 2.75) is 45.3 Å². The highest BCUT2D eigenvalue weighted by Crippen LogP contribution is 2.39. The zero-order chi connectivity index (χ0) is 16.5. The van der Waals surface area contributed by atoms with Crippen LogP contribution in [0.1, 0.15) is 36.7 Å². The lowest BCUT2D eigenvalue weighted by atomic mass is 9.88. The topological polar surface area (TPSA) is 56.4 Å². The number of fused-ring (bicyclic) bond motifs is 4. The number of carbonyl (C=O) groups excluding carboxylic acids is 2. The molecule has 0 spiro atoms. The number of hydrogen-bond acceptors (Lipinski definition) is 2. The monoisotopic (exact) mass is 311 g/mol. The summed E-state index contributed by atoms with van der Waals surface area (Å²) in [4.78, 5) is 32.3. The first-order valence-corrected chi connectivity index (χ1v) is 8.10. The van der Waals surface area contributed by atoms with Crippen molar-refractivity contribution in [2.24, 2.45) is 0 Å². The molecule has 1 aromatic heterocycles. The van der Waals surface area contributed by atoms with E-state index in [1.54, 1.807) is 23.8 Å². The van der Waals surface area contributed by atoms with E-state index in [4.69, 9.17) is 0 Å². The summed E-state index contributed by atoms with van der Waals surface area (Å²) in [6, 6.07) is 5.45. The van der Waals surface area contributed by atoms with E-state index in [1.165, 1.54) is 16.5 Å². The van der Waals surface area contributed by atoms with E-state index in [-0.39, 0.29) is 23.9 Å². The molecule has 3 heterocycles. The molecule has 0 saturated carbocycles. The molecule has 23 heavy (non-hydrogen) atoms. The molecule has 1 N–H and O–H groups in total. The molecular formula is C18H21N3O2. The second kappa shape index (κ2) is 4.60. The molecule has 3 unspecified atom stereocenters. The van der Waals surface area contributed by atoms with Gasteiger partial charge in [-0.1, -0.05) is 12.1 Å². The fourth-order valence-electron chi connectivity index (χ4n) is 4.03. The Kier molecular flexibility index (Phi) is 2.86. The molecule has 5 nitrogen and oxygen atoms in total. The number of aryl methyl sites for hydroxylation is 1. The van der Waals surface area contributed by atoms with Gasteiger partial charge in [0.1, 0.15) is 12.1 Å². The molecule has 0 aliphatic carbocycles. The van der Waals surface area contributed by atoms with E-state index in [0.717, 1.165) is 11.2 Å². The molecule has 2 aromatic rings. The molecule has 2 amide bonds. The van der Waals surface area contributed by atoms with Crippen molar-refractivity contribution in [2.75, 3.05) is 7.05 Å². The van der Waals surface area contributed by atoms with Crippen molar-refractivity contribution in [3.63, 3.8) is 0 Å². The highest BCUT2D eigenvalue weighted by molar-refractivity contribution is 5.98. The second-order valence-electron chi connectivity index (χ2n) is 6.83. The van der Waals surface area contributed by atoms with Crippen LogP contribution in [0.2, 0.25) is 0 Å². The SMILES string of the molecule is Cc1ccc2c3c([nH]c2c1)C(C)N1C(=O)C(C)N(C)C(=O)C1C3. The van der Waals surface area contributed by atoms with Crippen molar-refractivity contribution < 1.29 is 9.59 Å². The van der Waals surface area contributed by atoms with E-state index in [9.17, 15) is 9.59 Å². The molecule has 5 heteroatoms. The number of nitrogens with zero attached hydrogens (tertiary/aromatic N) is 2. The van der Waals surface area contributed by atoms with Crippen LogP contribution in [-0.4, -0.2) is 45.7 Å². The molecule has 1 saturated heterocycles. The standard InChI is InChI=1S/C18H21N3O2/c1-9-5-6-12-13-8-15-18(23)20(4)11(3)17(22)21(15)10(2)16(13)19-14(12)7-9/h5-7,10-11,15,19H,8H2,1-4H3. The summed E-state index contributed by atoms with van der Waals surface area (Å²) in [5, 5.41) is 1.17. The largest absolute Gasteiger partial charge is 0.356 e. The first-order chi connectivity index (χ1) is 10.9. The maximum atomic E-state index is 12.7. The van der Waals surface area contributed by atoms with Crippen LogP contribution in [0.5, 0.6) is 0 Å². The summed E-state index contributed by atoms with van der Waals surface area (Å²) in [5.41, 5.74) is 4.53. The number of piperazine rings is 1. The summed E-state index contributed by atoms with van der Waals surface area (Å²) in [5.74, 6) is 0.0705. The number of hydrogen-bond donors (Lipinski definition) is 1. The van der Waals surface area contributed by atoms with Crippen LogP contribution in [0.4, 0.5) is 0 Å². The number of aromatic amines is 1. The molecule has 0 bridgehead atoms. The molecule has 0 radical (unpaired) electrons. The third-order valence-corrected chi connectivity index (χ3v) is 5.49. The zero-order valence-corrected chi connectivity index (χ0v) is 13.9. The van der Waals surface area contributed by atoms with E-state index in [1.807, 2.05) is 6.92 Å². The van der Waals surface area contributed by atoms with Gasteiger partial charge in [0.15, 0.2) is 0 Å². The maximum Gasteiger partial charge on any atom is 0.246 e. The minimum absolute atomic E-state index is 0.0325. The lowest BCUT2D eigenvalue weighted by Crippen LogP contribution is -2.64. The van der Waals surface area contributed by atoms with Crippen molar-refractivity contribution in [3.8, 4) is 0 Å². The Morgan fingerprint density at radius 2 is 1.87 bits per heavy atom. The van der Waals surface area contributed by atoms with Gasteiger partial charge in [-0.15, -0.1) is 0 Å². The molecular weight excluding hydrogens is 290 g/mol. The summed E-state index contributed by atoms with van der Waals surface area (Å²) in [6.45, 7) is 5.87.